The fraction of sp³-hybridized carbons (Fsp3) is 0.250. The van der Waals surface area contributed by atoms with Crippen molar-refractivity contribution in [1.29, 1.82) is 0 Å². The Labute approximate surface area is 166 Å². The van der Waals surface area contributed by atoms with E-state index in [1.165, 1.54) is 11.8 Å². The number of rotatable bonds is 6. The number of hydrogen-bond acceptors (Lipinski definition) is 6. The van der Waals surface area contributed by atoms with Gasteiger partial charge < -0.3 is 9.47 Å². The second-order valence-electron chi connectivity index (χ2n) is 6.09. The molecule has 3 aromatic rings. The van der Waals surface area contributed by atoms with Gasteiger partial charge in [0.15, 0.2) is 5.16 Å². The zero-order chi connectivity index (χ0) is 19.5. The van der Waals surface area contributed by atoms with E-state index in [0.29, 0.717) is 18.3 Å². The number of para-hydroxylation sites is 2. The number of carbonyl (C=O) groups excluding carboxylic acids is 2. The van der Waals surface area contributed by atoms with E-state index in [2.05, 4.69) is 4.98 Å². The lowest BCUT2D eigenvalue weighted by Gasteiger charge is -2.12. The number of carbonyl (C=O) groups is 2. The van der Waals surface area contributed by atoms with Crippen molar-refractivity contribution < 1.29 is 19.1 Å². The number of hydrogen-bond donors (Lipinski definition) is 0. The molecule has 1 saturated heterocycles. The summed E-state index contributed by atoms with van der Waals surface area (Å²) < 4.78 is 12.4. The standard InChI is InChI=1S/C20H19N3O4S/c1-2-26-15-9-7-14(8-10-15)23-17-6-4-3-5-16(17)21-19(23)28-13-18(24)22-11-12-27-20(22)25/h3-10H,2,11-13H2,1H3. The Morgan fingerprint density at radius 2 is 2.00 bits per heavy atom. The Bertz CT molecular complexity index is 1020. The molecular formula is C20H19N3O4S. The Morgan fingerprint density at radius 3 is 2.71 bits per heavy atom. The van der Waals surface area contributed by atoms with Gasteiger partial charge in [-0.1, -0.05) is 23.9 Å². The van der Waals surface area contributed by atoms with Crippen LogP contribution in [0.5, 0.6) is 5.75 Å². The zero-order valence-corrected chi connectivity index (χ0v) is 16.1. The third-order valence-corrected chi connectivity index (χ3v) is 5.25. The molecule has 0 unspecified atom stereocenters. The van der Waals surface area contributed by atoms with Gasteiger partial charge in [-0.2, -0.15) is 0 Å². The first-order valence-corrected chi connectivity index (χ1v) is 9.96. The van der Waals surface area contributed by atoms with Gasteiger partial charge in [-0.15, -0.1) is 0 Å². The first kappa shape index (κ1) is 18.4. The minimum Gasteiger partial charge on any atom is -0.494 e. The minimum absolute atomic E-state index is 0.107. The van der Waals surface area contributed by atoms with E-state index in [1.807, 2.05) is 60.0 Å². The fourth-order valence-corrected chi connectivity index (χ4v) is 3.94. The SMILES string of the molecule is CCOc1ccc(-n2c(SCC(=O)N3CCOC3=O)nc3ccccc32)cc1. The van der Waals surface area contributed by atoms with Crippen LogP contribution in [-0.2, 0) is 9.53 Å². The Morgan fingerprint density at radius 1 is 1.21 bits per heavy atom. The summed E-state index contributed by atoms with van der Waals surface area (Å²) in [7, 11) is 0. The van der Waals surface area contributed by atoms with Crippen molar-refractivity contribution in [3.8, 4) is 11.4 Å². The van der Waals surface area contributed by atoms with Gasteiger partial charge in [0, 0.05) is 5.69 Å². The topological polar surface area (TPSA) is 73.7 Å². The van der Waals surface area contributed by atoms with Crippen molar-refractivity contribution in [2.45, 2.75) is 12.1 Å². The molecule has 0 atom stereocenters. The van der Waals surface area contributed by atoms with Gasteiger partial charge in [-0.3, -0.25) is 9.36 Å². The quantitative estimate of drug-likeness (QED) is 0.593. The maximum atomic E-state index is 12.4. The molecule has 0 N–H and O–H groups in total. The molecule has 1 aromatic heterocycles. The van der Waals surface area contributed by atoms with Crippen molar-refractivity contribution in [2.75, 3.05) is 25.5 Å². The highest BCUT2D eigenvalue weighted by atomic mass is 32.2. The molecule has 2 aromatic carbocycles. The Kier molecular flexibility index (Phi) is 5.21. The molecule has 2 heterocycles. The van der Waals surface area contributed by atoms with Crippen molar-refractivity contribution in [2.24, 2.45) is 0 Å². The molecule has 2 amide bonds. The molecule has 1 aliphatic heterocycles. The van der Waals surface area contributed by atoms with Gasteiger partial charge >= 0.3 is 6.09 Å². The smallest absolute Gasteiger partial charge is 0.416 e. The number of aromatic nitrogens is 2. The lowest BCUT2D eigenvalue weighted by atomic mass is 10.2. The summed E-state index contributed by atoms with van der Waals surface area (Å²) in [5, 5.41) is 0.686. The van der Waals surface area contributed by atoms with Crippen molar-refractivity contribution in [3.05, 3.63) is 48.5 Å². The third-order valence-electron chi connectivity index (χ3n) is 4.32. The third kappa shape index (κ3) is 3.55. The van der Waals surface area contributed by atoms with Crippen LogP contribution in [0.25, 0.3) is 16.7 Å². The van der Waals surface area contributed by atoms with E-state index in [1.54, 1.807) is 0 Å². The zero-order valence-electron chi connectivity index (χ0n) is 15.3. The van der Waals surface area contributed by atoms with E-state index in [9.17, 15) is 9.59 Å². The Balaban J connectivity index is 1.63. The number of amides is 2. The average Bonchev–Trinajstić information content (AvgIpc) is 3.30. The molecule has 0 bridgehead atoms. The van der Waals surface area contributed by atoms with Gasteiger partial charge in [0.1, 0.15) is 12.4 Å². The summed E-state index contributed by atoms with van der Waals surface area (Å²) in [6.45, 7) is 3.10. The van der Waals surface area contributed by atoms with E-state index < -0.39 is 6.09 Å². The van der Waals surface area contributed by atoms with Crippen LogP contribution in [0.2, 0.25) is 0 Å². The molecule has 1 aliphatic rings. The highest BCUT2D eigenvalue weighted by Crippen LogP contribution is 2.29. The molecule has 28 heavy (non-hydrogen) atoms. The summed E-state index contributed by atoms with van der Waals surface area (Å²) in [5.41, 5.74) is 2.71. The molecule has 0 aliphatic carbocycles. The lowest BCUT2D eigenvalue weighted by Crippen LogP contribution is -2.33. The van der Waals surface area contributed by atoms with E-state index >= 15 is 0 Å². The summed E-state index contributed by atoms with van der Waals surface area (Å²) in [5.74, 6) is 0.625. The first-order chi connectivity index (χ1) is 13.7. The maximum Gasteiger partial charge on any atom is 0.416 e. The molecule has 0 spiro atoms. The predicted octanol–water partition coefficient (Wildman–Crippen LogP) is 3.50. The van der Waals surface area contributed by atoms with Crippen LogP contribution in [0.1, 0.15) is 6.92 Å². The van der Waals surface area contributed by atoms with Crippen LogP contribution >= 0.6 is 11.8 Å². The molecular weight excluding hydrogens is 378 g/mol. The molecule has 7 nitrogen and oxygen atoms in total. The van der Waals surface area contributed by atoms with Gasteiger partial charge in [-0.05, 0) is 43.3 Å². The highest BCUT2D eigenvalue weighted by molar-refractivity contribution is 7.99. The number of fused-ring (bicyclic) bond motifs is 1. The summed E-state index contributed by atoms with van der Waals surface area (Å²) in [4.78, 5) is 29.8. The Hall–Kier alpha value is -3.00. The van der Waals surface area contributed by atoms with Gasteiger partial charge in [-0.25, -0.2) is 14.7 Å². The van der Waals surface area contributed by atoms with Crippen LogP contribution in [0.15, 0.2) is 53.7 Å². The number of imide groups is 1. The van der Waals surface area contributed by atoms with Crippen LogP contribution in [0.3, 0.4) is 0 Å². The summed E-state index contributed by atoms with van der Waals surface area (Å²) >= 11 is 1.30. The minimum atomic E-state index is -0.578. The van der Waals surface area contributed by atoms with Crippen LogP contribution in [0.4, 0.5) is 4.79 Å². The second kappa shape index (κ2) is 7.93. The second-order valence-corrected chi connectivity index (χ2v) is 7.04. The number of benzene rings is 2. The van der Waals surface area contributed by atoms with Crippen molar-refractivity contribution in [3.63, 3.8) is 0 Å². The van der Waals surface area contributed by atoms with Gasteiger partial charge in [0.05, 0.1) is 29.9 Å². The van der Waals surface area contributed by atoms with E-state index in [0.717, 1.165) is 27.4 Å². The maximum absolute atomic E-state index is 12.4. The number of thioether (sulfide) groups is 1. The largest absolute Gasteiger partial charge is 0.494 e. The monoisotopic (exact) mass is 397 g/mol. The number of nitrogens with zero attached hydrogens (tertiary/aromatic N) is 3. The van der Waals surface area contributed by atoms with Crippen molar-refractivity contribution in [1.82, 2.24) is 14.5 Å². The normalized spacial score (nSPS) is 13.8. The first-order valence-electron chi connectivity index (χ1n) is 8.98. The summed E-state index contributed by atoms with van der Waals surface area (Å²) in [6, 6.07) is 15.5. The molecule has 1 fully saturated rings. The number of ether oxygens (including phenoxy) is 2. The highest BCUT2D eigenvalue weighted by Gasteiger charge is 2.28. The average molecular weight is 397 g/mol. The van der Waals surface area contributed by atoms with Crippen molar-refractivity contribution >= 4 is 34.8 Å². The number of imidazole rings is 1. The van der Waals surface area contributed by atoms with Crippen LogP contribution < -0.4 is 4.74 Å². The molecule has 0 saturated carbocycles. The van der Waals surface area contributed by atoms with Crippen LogP contribution in [-0.4, -0.2) is 52.0 Å². The van der Waals surface area contributed by atoms with Gasteiger partial charge in [0.25, 0.3) is 0 Å². The van der Waals surface area contributed by atoms with E-state index in [-0.39, 0.29) is 18.3 Å². The molecule has 4 rings (SSSR count). The van der Waals surface area contributed by atoms with Crippen LogP contribution in [0, 0.1) is 0 Å². The molecule has 0 radical (unpaired) electrons. The predicted molar refractivity (Wildman–Crippen MR) is 106 cm³/mol. The van der Waals surface area contributed by atoms with E-state index in [4.69, 9.17) is 9.47 Å². The van der Waals surface area contributed by atoms with Gasteiger partial charge in [0.2, 0.25) is 5.91 Å². The lowest BCUT2D eigenvalue weighted by molar-refractivity contribution is -0.125. The molecule has 144 valence electrons. The fourth-order valence-electron chi connectivity index (χ4n) is 3.03. The summed E-state index contributed by atoms with van der Waals surface area (Å²) in [6.07, 6.45) is -0.578. The number of cyclic esters (lactones) is 1. The molecule has 8 heteroatoms.